The van der Waals surface area contributed by atoms with Gasteiger partial charge in [0.1, 0.15) is 0 Å². The van der Waals surface area contributed by atoms with Crippen LogP contribution in [0.15, 0.2) is 23.3 Å². The van der Waals surface area contributed by atoms with E-state index in [0.29, 0.717) is 5.69 Å². The summed E-state index contributed by atoms with van der Waals surface area (Å²) in [6, 6.07) is 4.17. The number of nitrogens with zero attached hydrogens (tertiary/aromatic N) is 2. The molecule has 0 unspecified atom stereocenters. The van der Waals surface area contributed by atoms with Crippen molar-refractivity contribution in [2.75, 3.05) is 5.43 Å². The van der Waals surface area contributed by atoms with Gasteiger partial charge in [0, 0.05) is 17.8 Å². The van der Waals surface area contributed by atoms with E-state index in [2.05, 4.69) is 10.5 Å². The number of halogens is 1. The summed E-state index contributed by atoms with van der Waals surface area (Å²) < 4.78 is 0. The van der Waals surface area contributed by atoms with Crippen LogP contribution in [-0.4, -0.2) is 10.6 Å². The van der Waals surface area contributed by atoms with E-state index in [1.165, 1.54) is 18.2 Å². The summed E-state index contributed by atoms with van der Waals surface area (Å²) in [4.78, 5) is 9.93. The molecule has 0 aliphatic carbocycles. The van der Waals surface area contributed by atoms with E-state index < -0.39 is 4.92 Å². The van der Waals surface area contributed by atoms with Crippen molar-refractivity contribution in [2.24, 2.45) is 5.10 Å². The molecule has 6 heteroatoms. The average Bonchev–Trinajstić information content (AvgIpc) is 2.15. The Morgan fingerprint density at radius 3 is 2.67 bits per heavy atom. The number of benzene rings is 1. The molecule has 0 spiro atoms. The third kappa shape index (κ3) is 3.21. The standard InChI is InChI=1S/C9H10ClN3O2/c1-6(2)11-12-9-4-3-7(13(14)15)5-8(9)10/h3-5,12H,1-2H3. The molecule has 15 heavy (non-hydrogen) atoms. The fourth-order valence-electron chi connectivity index (χ4n) is 0.880. The SMILES string of the molecule is CC(C)=NNc1ccc([N+](=O)[O-])cc1Cl. The third-order valence-electron chi connectivity index (χ3n) is 1.56. The molecule has 0 amide bonds. The van der Waals surface area contributed by atoms with Crippen molar-refractivity contribution in [2.45, 2.75) is 13.8 Å². The number of hydrogen-bond acceptors (Lipinski definition) is 4. The molecule has 0 saturated heterocycles. The molecule has 0 aromatic heterocycles. The maximum Gasteiger partial charge on any atom is 0.271 e. The lowest BCUT2D eigenvalue weighted by molar-refractivity contribution is -0.384. The Morgan fingerprint density at radius 2 is 2.20 bits per heavy atom. The summed E-state index contributed by atoms with van der Waals surface area (Å²) in [7, 11) is 0. The lowest BCUT2D eigenvalue weighted by Gasteiger charge is -2.03. The van der Waals surface area contributed by atoms with E-state index in [0.717, 1.165) is 5.71 Å². The van der Waals surface area contributed by atoms with Crippen LogP contribution in [0, 0.1) is 10.1 Å². The number of hydrazone groups is 1. The van der Waals surface area contributed by atoms with Gasteiger partial charge < -0.3 is 0 Å². The summed E-state index contributed by atoms with van der Waals surface area (Å²) >= 11 is 5.82. The van der Waals surface area contributed by atoms with Gasteiger partial charge in [0.05, 0.1) is 15.6 Å². The van der Waals surface area contributed by atoms with Crippen LogP contribution in [0.4, 0.5) is 11.4 Å². The summed E-state index contributed by atoms with van der Waals surface area (Å²) in [5.74, 6) is 0. The Bertz CT molecular complexity index is 414. The first kappa shape index (κ1) is 11.5. The predicted octanol–water partition coefficient (Wildman–Crippen LogP) is 3.06. The van der Waals surface area contributed by atoms with Gasteiger partial charge in [-0.3, -0.25) is 15.5 Å². The van der Waals surface area contributed by atoms with Gasteiger partial charge in [-0.2, -0.15) is 5.10 Å². The molecule has 80 valence electrons. The van der Waals surface area contributed by atoms with E-state index in [9.17, 15) is 10.1 Å². The molecule has 0 fully saturated rings. The van der Waals surface area contributed by atoms with E-state index in [1.54, 1.807) is 0 Å². The Hall–Kier alpha value is -1.62. The zero-order chi connectivity index (χ0) is 11.4. The number of anilines is 1. The summed E-state index contributed by atoms with van der Waals surface area (Å²) in [6.07, 6.45) is 0. The van der Waals surface area contributed by atoms with Gasteiger partial charge in [-0.05, 0) is 19.9 Å². The van der Waals surface area contributed by atoms with Gasteiger partial charge in [-0.1, -0.05) is 11.6 Å². The smallest absolute Gasteiger partial charge is 0.271 e. The van der Waals surface area contributed by atoms with Crippen LogP contribution in [0.3, 0.4) is 0 Å². The maximum atomic E-state index is 10.4. The van der Waals surface area contributed by atoms with Crippen LogP contribution in [0.25, 0.3) is 0 Å². The first-order chi connectivity index (χ1) is 7.00. The highest BCUT2D eigenvalue weighted by Gasteiger charge is 2.08. The average molecular weight is 228 g/mol. The Labute approximate surface area is 91.9 Å². The molecule has 1 aromatic rings. The predicted molar refractivity (Wildman–Crippen MR) is 60.5 cm³/mol. The number of non-ortho nitro benzene ring substituents is 1. The summed E-state index contributed by atoms with van der Waals surface area (Å²) in [5.41, 5.74) is 4.06. The zero-order valence-electron chi connectivity index (χ0n) is 8.32. The number of nitro benzene ring substituents is 1. The largest absolute Gasteiger partial charge is 0.277 e. The monoisotopic (exact) mass is 227 g/mol. The topological polar surface area (TPSA) is 67.5 Å². The van der Waals surface area contributed by atoms with Gasteiger partial charge in [0.15, 0.2) is 0 Å². The minimum absolute atomic E-state index is 0.0391. The van der Waals surface area contributed by atoms with Gasteiger partial charge in [0.25, 0.3) is 5.69 Å². The van der Waals surface area contributed by atoms with Crippen molar-refractivity contribution in [1.29, 1.82) is 0 Å². The third-order valence-corrected chi connectivity index (χ3v) is 1.88. The summed E-state index contributed by atoms with van der Waals surface area (Å²) in [6.45, 7) is 3.65. The van der Waals surface area contributed by atoms with Crippen molar-refractivity contribution in [1.82, 2.24) is 0 Å². The fraction of sp³-hybridized carbons (Fsp3) is 0.222. The van der Waals surface area contributed by atoms with Gasteiger partial charge in [-0.25, -0.2) is 0 Å². The van der Waals surface area contributed by atoms with Crippen LogP contribution in [0.5, 0.6) is 0 Å². The first-order valence-corrected chi connectivity index (χ1v) is 4.59. The fourth-order valence-corrected chi connectivity index (χ4v) is 1.10. The molecular formula is C9H10ClN3O2. The molecule has 0 aliphatic rings. The Kier molecular flexibility index (Phi) is 3.62. The van der Waals surface area contributed by atoms with Crippen LogP contribution < -0.4 is 5.43 Å². The molecule has 0 atom stereocenters. The lowest BCUT2D eigenvalue weighted by Crippen LogP contribution is -1.95. The van der Waals surface area contributed by atoms with Crippen molar-refractivity contribution < 1.29 is 4.92 Å². The molecule has 0 bridgehead atoms. The molecule has 1 N–H and O–H groups in total. The van der Waals surface area contributed by atoms with Gasteiger partial charge in [0.2, 0.25) is 0 Å². The number of hydrogen-bond donors (Lipinski definition) is 1. The van der Waals surface area contributed by atoms with Crippen LogP contribution >= 0.6 is 11.6 Å². The highest BCUT2D eigenvalue weighted by atomic mass is 35.5. The van der Waals surface area contributed by atoms with E-state index in [4.69, 9.17) is 11.6 Å². The van der Waals surface area contributed by atoms with Crippen LogP contribution in [-0.2, 0) is 0 Å². The number of rotatable bonds is 3. The molecule has 5 nitrogen and oxygen atoms in total. The van der Waals surface area contributed by atoms with Gasteiger partial charge >= 0.3 is 0 Å². The van der Waals surface area contributed by atoms with Crippen molar-refractivity contribution in [3.05, 3.63) is 33.3 Å². The van der Waals surface area contributed by atoms with E-state index in [-0.39, 0.29) is 10.7 Å². The molecule has 0 radical (unpaired) electrons. The second kappa shape index (κ2) is 4.75. The second-order valence-electron chi connectivity index (χ2n) is 3.09. The van der Waals surface area contributed by atoms with Crippen LogP contribution in [0.1, 0.15) is 13.8 Å². The quantitative estimate of drug-likeness (QED) is 0.490. The molecule has 1 aromatic carbocycles. The molecule has 0 saturated carbocycles. The highest BCUT2D eigenvalue weighted by Crippen LogP contribution is 2.26. The molecule has 0 aliphatic heterocycles. The number of nitro groups is 1. The second-order valence-corrected chi connectivity index (χ2v) is 3.50. The molecule has 0 heterocycles. The minimum atomic E-state index is -0.496. The minimum Gasteiger partial charge on any atom is -0.277 e. The van der Waals surface area contributed by atoms with Gasteiger partial charge in [-0.15, -0.1) is 0 Å². The zero-order valence-corrected chi connectivity index (χ0v) is 9.08. The van der Waals surface area contributed by atoms with Crippen molar-refractivity contribution >= 4 is 28.7 Å². The normalized spacial score (nSPS) is 9.53. The molecule has 1 rings (SSSR count). The lowest BCUT2D eigenvalue weighted by atomic mass is 10.3. The summed E-state index contributed by atoms with van der Waals surface area (Å²) in [5, 5.41) is 14.6. The highest BCUT2D eigenvalue weighted by molar-refractivity contribution is 6.33. The van der Waals surface area contributed by atoms with E-state index >= 15 is 0 Å². The first-order valence-electron chi connectivity index (χ1n) is 4.21. The maximum absolute atomic E-state index is 10.4. The Morgan fingerprint density at radius 1 is 1.53 bits per heavy atom. The molecular weight excluding hydrogens is 218 g/mol. The number of nitrogens with one attached hydrogen (secondary N) is 1. The van der Waals surface area contributed by atoms with Crippen molar-refractivity contribution in [3.63, 3.8) is 0 Å². The van der Waals surface area contributed by atoms with Crippen LogP contribution in [0.2, 0.25) is 5.02 Å². The Balaban J connectivity index is 2.93. The van der Waals surface area contributed by atoms with Crippen molar-refractivity contribution in [3.8, 4) is 0 Å². The van der Waals surface area contributed by atoms with E-state index in [1.807, 2.05) is 13.8 Å².